The minimum absolute atomic E-state index is 0.0817. The van der Waals surface area contributed by atoms with Gasteiger partial charge in [0.2, 0.25) is 5.91 Å². The van der Waals surface area contributed by atoms with E-state index in [0.717, 1.165) is 16.8 Å². The lowest BCUT2D eigenvalue weighted by Crippen LogP contribution is -2.21. The lowest BCUT2D eigenvalue weighted by molar-refractivity contribution is -0.130. The Morgan fingerprint density at radius 1 is 1.30 bits per heavy atom. The van der Waals surface area contributed by atoms with Gasteiger partial charge in [-0.1, -0.05) is 30.3 Å². The Labute approximate surface area is 117 Å². The lowest BCUT2D eigenvalue weighted by atomic mass is 10.1. The predicted octanol–water partition coefficient (Wildman–Crippen LogP) is 1.73. The minimum atomic E-state index is -0.327. The molecule has 1 amide bonds. The number of hydroxylamine groups is 1. The van der Waals surface area contributed by atoms with E-state index in [1.807, 2.05) is 50.5 Å². The summed E-state index contributed by atoms with van der Waals surface area (Å²) in [5.74, 6) is -0.373. The first-order valence-corrected chi connectivity index (χ1v) is 6.62. The number of benzene rings is 1. The first-order valence-electron chi connectivity index (χ1n) is 6.62. The van der Waals surface area contributed by atoms with Gasteiger partial charge in [-0.2, -0.15) is 5.10 Å². The molecule has 3 atom stereocenters. The second kappa shape index (κ2) is 4.76. The van der Waals surface area contributed by atoms with Crippen LogP contribution < -0.4 is 5.48 Å². The van der Waals surface area contributed by atoms with Gasteiger partial charge < -0.3 is 0 Å². The molecule has 1 aromatic carbocycles. The second-order valence-electron chi connectivity index (χ2n) is 5.31. The maximum atomic E-state index is 11.9. The van der Waals surface area contributed by atoms with Crippen molar-refractivity contribution in [1.29, 1.82) is 0 Å². The normalized spacial score (nSPS) is 24.4. The highest BCUT2D eigenvalue weighted by Crippen LogP contribution is 2.60. The van der Waals surface area contributed by atoms with E-state index >= 15 is 0 Å². The molecular weight excluding hydrogens is 254 g/mol. The Kier molecular flexibility index (Phi) is 3.06. The number of nitrogens with zero attached hydrogens (tertiary/aromatic N) is 2. The maximum absolute atomic E-state index is 11.9. The largest absolute Gasteiger partial charge is 0.289 e. The van der Waals surface area contributed by atoms with E-state index < -0.39 is 0 Å². The summed E-state index contributed by atoms with van der Waals surface area (Å²) < 4.78 is 1.76. The van der Waals surface area contributed by atoms with Crippen LogP contribution in [0.2, 0.25) is 0 Å². The summed E-state index contributed by atoms with van der Waals surface area (Å²) in [4.78, 5) is 11.9. The zero-order chi connectivity index (χ0) is 14.3. The van der Waals surface area contributed by atoms with Gasteiger partial charge in [0.15, 0.2) is 0 Å². The standard InChI is InChI=1S/C15H17N3O2/c1-9-11(8-18(2)16-9)13-12(14(13)15(19)17-20)10-6-4-3-5-7-10/h3-8,12-14,20H,1-2H3,(H,17,19)/t12-,13-,14-/m1/s1. The fourth-order valence-corrected chi connectivity index (χ4v) is 3.13. The average molecular weight is 271 g/mol. The van der Waals surface area contributed by atoms with Gasteiger partial charge in [-0.3, -0.25) is 14.7 Å². The maximum Gasteiger partial charge on any atom is 0.247 e. The molecule has 3 rings (SSSR count). The molecule has 1 aliphatic carbocycles. The van der Waals surface area contributed by atoms with Crippen molar-refractivity contribution in [3.8, 4) is 0 Å². The third kappa shape index (κ3) is 2.00. The highest BCUT2D eigenvalue weighted by Gasteiger charge is 2.57. The molecule has 0 spiro atoms. The summed E-state index contributed by atoms with van der Waals surface area (Å²) in [6.07, 6.45) is 1.96. The van der Waals surface area contributed by atoms with Crippen molar-refractivity contribution in [3.63, 3.8) is 0 Å². The number of nitrogens with one attached hydrogen (secondary N) is 1. The van der Waals surface area contributed by atoms with Crippen molar-refractivity contribution < 1.29 is 10.0 Å². The summed E-state index contributed by atoms with van der Waals surface area (Å²) in [5.41, 5.74) is 4.92. The minimum Gasteiger partial charge on any atom is -0.289 e. The van der Waals surface area contributed by atoms with E-state index in [2.05, 4.69) is 5.10 Å². The molecule has 104 valence electrons. The van der Waals surface area contributed by atoms with E-state index in [4.69, 9.17) is 5.21 Å². The fourth-order valence-electron chi connectivity index (χ4n) is 3.13. The van der Waals surface area contributed by atoms with Gasteiger partial charge >= 0.3 is 0 Å². The second-order valence-corrected chi connectivity index (χ2v) is 5.31. The van der Waals surface area contributed by atoms with E-state index in [1.165, 1.54) is 0 Å². The zero-order valence-electron chi connectivity index (χ0n) is 11.4. The third-order valence-corrected chi connectivity index (χ3v) is 4.03. The number of hydrogen-bond acceptors (Lipinski definition) is 3. The first kappa shape index (κ1) is 12.9. The summed E-state index contributed by atoms with van der Waals surface area (Å²) in [6.45, 7) is 1.95. The molecule has 0 saturated heterocycles. The molecule has 5 heteroatoms. The topological polar surface area (TPSA) is 67.2 Å². The molecule has 1 fully saturated rings. The van der Waals surface area contributed by atoms with Crippen LogP contribution in [0.5, 0.6) is 0 Å². The third-order valence-electron chi connectivity index (χ3n) is 4.03. The van der Waals surface area contributed by atoms with Gasteiger partial charge in [-0.25, -0.2) is 5.48 Å². The van der Waals surface area contributed by atoms with Crippen molar-refractivity contribution in [2.45, 2.75) is 18.8 Å². The molecule has 2 aromatic rings. The Balaban J connectivity index is 1.97. The van der Waals surface area contributed by atoms with Crippen LogP contribution in [0.15, 0.2) is 36.5 Å². The number of carbonyl (C=O) groups excluding carboxylic acids is 1. The Bertz CT molecular complexity index is 636. The molecule has 1 aliphatic rings. The summed E-state index contributed by atoms with van der Waals surface area (Å²) in [7, 11) is 1.87. The number of carbonyl (C=O) groups is 1. The molecule has 1 saturated carbocycles. The van der Waals surface area contributed by atoms with Crippen LogP contribution in [0.4, 0.5) is 0 Å². The van der Waals surface area contributed by atoms with Crippen molar-refractivity contribution >= 4 is 5.91 Å². The molecular formula is C15H17N3O2. The van der Waals surface area contributed by atoms with Crippen LogP contribution in [0.3, 0.4) is 0 Å². The van der Waals surface area contributed by atoms with Gasteiger partial charge in [0, 0.05) is 25.1 Å². The van der Waals surface area contributed by atoms with E-state index in [1.54, 1.807) is 10.2 Å². The molecule has 1 heterocycles. The molecule has 0 aliphatic heterocycles. The van der Waals surface area contributed by atoms with Crippen molar-refractivity contribution in [3.05, 3.63) is 53.3 Å². The molecule has 0 bridgehead atoms. The van der Waals surface area contributed by atoms with Crippen molar-refractivity contribution in [2.24, 2.45) is 13.0 Å². The number of amides is 1. The van der Waals surface area contributed by atoms with E-state index in [-0.39, 0.29) is 23.7 Å². The van der Waals surface area contributed by atoms with Crippen molar-refractivity contribution in [2.75, 3.05) is 0 Å². The highest BCUT2D eigenvalue weighted by atomic mass is 16.5. The first-order chi connectivity index (χ1) is 9.63. The van der Waals surface area contributed by atoms with Crippen LogP contribution >= 0.6 is 0 Å². The lowest BCUT2D eigenvalue weighted by Gasteiger charge is -1.98. The zero-order valence-corrected chi connectivity index (χ0v) is 11.4. The SMILES string of the molecule is Cc1nn(C)cc1[C@H]1[C@H](C(=O)NO)[C@@H]1c1ccccc1. The Morgan fingerprint density at radius 3 is 2.55 bits per heavy atom. The summed E-state index contributed by atoms with van der Waals surface area (Å²) in [5, 5.41) is 13.3. The fraction of sp³-hybridized carbons (Fsp3) is 0.333. The Morgan fingerprint density at radius 2 is 2.00 bits per heavy atom. The van der Waals surface area contributed by atoms with Gasteiger partial charge in [0.1, 0.15) is 0 Å². The van der Waals surface area contributed by atoms with Crippen LogP contribution in [0.1, 0.15) is 28.7 Å². The number of aromatic nitrogens is 2. The van der Waals surface area contributed by atoms with Crippen LogP contribution in [-0.2, 0) is 11.8 Å². The van der Waals surface area contributed by atoms with Gasteiger partial charge in [0.25, 0.3) is 0 Å². The quantitative estimate of drug-likeness (QED) is 0.660. The van der Waals surface area contributed by atoms with Gasteiger partial charge in [-0.05, 0) is 18.1 Å². The van der Waals surface area contributed by atoms with Gasteiger partial charge in [0.05, 0.1) is 11.6 Å². The predicted molar refractivity (Wildman–Crippen MR) is 73.3 cm³/mol. The number of aryl methyl sites for hydroxylation is 2. The highest BCUT2D eigenvalue weighted by molar-refractivity contribution is 5.84. The molecule has 2 N–H and O–H groups in total. The van der Waals surface area contributed by atoms with Crippen LogP contribution in [0.25, 0.3) is 0 Å². The molecule has 20 heavy (non-hydrogen) atoms. The van der Waals surface area contributed by atoms with E-state index in [0.29, 0.717) is 0 Å². The molecule has 1 aromatic heterocycles. The monoisotopic (exact) mass is 271 g/mol. The van der Waals surface area contributed by atoms with Crippen LogP contribution in [0, 0.1) is 12.8 Å². The number of rotatable bonds is 3. The van der Waals surface area contributed by atoms with E-state index in [9.17, 15) is 4.79 Å². The molecule has 5 nitrogen and oxygen atoms in total. The summed E-state index contributed by atoms with van der Waals surface area (Å²) in [6, 6.07) is 9.93. The Hall–Kier alpha value is -2.14. The number of hydrogen-bond donors (Lipinski definition) is 2. The summed E-state index contributed by atoms with van der Waals surface area (Å²) >= 11 is 0. The van der Waals surface area contributed by atoms with Crippen LogP contribution in [-0.4, -0.2) is 20.9 Å². The van der Waals surface area contributed by atoms with Crippen molar-refractivity contribution in [1.82, 2.24) is 15.3 Å². The molecule has 0 radical (unpaired) electrons. The van der Waals surface area contributed by atoms with Gasteiger partial charge in [-0.15, -0.1) is 0 Å². The average Bonchev–Trinajstić information content (AvgIpc) is 3.11. The molecule has 0 unspecified atom stereocenters. The smallest absolute Gasteiger partial charge is 0.247 e.